The molecule has 0 unspecified atom stereocenters. The molecule has 1 amide bonds. The third kappa shape index (κ3) is 10.4. The van der Waals surface area contributed by atoms with E-state index in [1.165, 1.54) is 20.1 Å². The highest BCUT2D eigenvalue weighted by molar-refractivity contribution is 5.92. The van der Waals surface area contributed by atoms with Crippen LogP contribution in [0.2, 0.25) is 0 Å². The fourth-order valence-corrected chi connectivity index (χ4v) is 3.69. The van der Waals surface area contributed by atoms with Crippen LogP contribution >= 0.6 is 0 Å². The van der Waals surface area contributed by atoms with Gasteiger partial charge in [0.2, 0.25) is 5.91 Å². The van der Waals surface area contributed by atoms with Crippen LogP contribution in [0.1, 0.15) is 36.5 Å². The normalized spacial score (nSPS) is 10.8. The minimum Gasteiger partial charge on any atom is -0.495 e. The second-order valence-electron chi connectivity index (χ2n) is 9.10. The summed E-state index contributed by atoms with van der Waals surface area (Å²) in [4.78, 5) is 39.4. The Kier molecular flexibility index (Phi) is 12.1. The number of nitrogens with zero attached hydrogens (tertiary/aromatic N) is 1. The van der Waals surface area contributed by atoms with Gasteiger partial charge in [-0.1, -0.05) is 12.6 Å². The molecule has 0 aliphatic rings. The molecule has 218 valence electrons. The largest absolute Gasteiger partial charge is 0.495 e. The first-order chi connectivity index (χ1) is 20.3. The fourth-order valence-electron chi connectivity index (χ4n) is 3.69. The summed E-state index contributed by atoms with van der Waals surface area (Å²) < 4.78 is 21.3. The molecule has 0 radical (unpaired) electrons. The van der Waals surface area contributed by atoms with Crippen LogP contribution in [0, 0.1) is 6.92 Å². The molecule has 0 heterocycles. The van der Waals surface area contributed by atoms with Gasteiger partial charge >= 0.3 is 11.9 Å². The second kappa shape index (κ2) is 16.2. The predicted molar refractivity (Wildman–Crippen MR) is 163 cm³/mol. The molecule has 0 spiro atoms. The second-order valence-corrected chi connectivity index (χ2v) is 9.10. The molecule has 0 aromatic heterocycles. The van der Waals surface area contributed by atoms with Crippen molar-refractivity contribution < 1.29 is 33.3 Å². The quantitative estimate of drug-likeness (QED) is 0.0805. The van der Waals surface area contributed by atoms with Gasteiger partial charge in [0.05, 0.1) is 31.7 Å². The molecule has 3 aromatic rings. The highest BCUT2D eigenvalue weighted by Crippen LogP contribution is 2.27. The van der Waals surface area contributed by atoms with E-state index in [9.17, 15) is 14.4 Å². The molecule has 0 aliphatic carbocycles. The van der Waals surface area contributed by atoms with Gasteiger partial charge in [-0.3, -0.25) is 9.79 Å². The number of hydrogen-bond acceptors (Lipinski definition) is 8. The molecule has 0 bridgehead atoms. The minimum atomic E-state index is -0.541. The maximum absolute atomic E-state index is 12.4. The molecule has 3 rings (SSSR count). The predicted octanol–water partition coefficient (Wildman–Crippen LogP) is 6.22. The Bertz CT molecular complexity index is 1460. The molecular formula is C33H34N2O7. The zero-order chi connectivity index (χ0) is 30.3. The number of aliphatic imine (C=N–C) groups is 1. The van der Waals surface area contributed by atoms with Crippen molar-refractivity contribution in [1.29, 1.82) is 0 Å². The maximum atomic E-state index is 12.4. The smallest absolute Gasteiger partial charge is 0.336 e. The number of esters is 2. The van der Waals surface area contributed by atoms with Crippen molar-refractivity contribution in [1.82, 2.24) is 0 Å². The Hall–Kier alpha value is -5.18. The molecule has 0 atom stereocenters. The number of aryl methyl sites for hydroxylation is 1. The summed E-state index contributed by atoms with van der Waals surface area (Å²) in [5, 5.41) is 2.70. The topological polar surface area (TPSA) is 113 Å². The molecule has 3 aromatic carbocycles. The lowest BCUT2D eigenvalue weighted by atomic mass is 10.1. The summed E-state index contributed by atoms with van der Waals surface area (Å²) in [6.07, 6.45) is 7.28. The molecule has 42 heavy (non-hydrogen) atoms. The Labute approximate surface area is 245 Å². The summed E-state index contributed by atoms with van der Waals surface area (Å²) in [5.41, 5.74) is 3.69. The van der Waals surface area contributed by atoms with Crippen LogP contribution in [-0.4, -0.2) is 44.4 Å². The van der Waals surface area contributed by atoms with E-state index in [1.54, 1.807) is 48.7 Å². The number of amides is 1. The lowest BCUT2D eigenvalue weighted by Crippen LogP contribution is -2.07. The molecule has 0 saturated carbocycles. The van der Waals surface area contributed by atoms with E-state index in [2.05, 4.69) is 16.9 Å². The van der Waals surface area contributed by atoms with Crippen LogP contribution in [0.25, 0.3) is 6.08 Å². The van der Waals surface area contributed by atoms with Gasteiger partial charge < -0.3 is 24.3 Å². The molecule has 0 saturated heterocycles. The first-order valence-electron chi connectivity index (χ1n) is 13.3. The number of ether oxygens (including phenoxy) is 4. The van der Waals surface area contributed by atoms with Gasteiger partial charge in [-0.2, -0.15) is 0 Å². The number of methoxy groups -OCH3 is 1. The van der Waals surface area contributed by atoms with E-state index >= 15 is 0 Å². The number of hydrogen-bond donors (Lipinski definition) is 1. The van der Waals surface area contributed by atoms with Crippen LogP contribution in [-0.2, 0) is 19.1 Å². The van der Waals surface area contributed by atoms with Gasteiger partial charge in [-0.25, -0.2) is 9.59 Å². The van der Waals surface area contributed by atoms with Gasteiger partial charge in [-0.05, 0) is 97.1 Å². The van der Waals surface area contributed by atoms with Gasteiger partial charge in [0.1, 0.15) is 17.2 Å². The van der Waals surface area contributed by atoms with Gasteiger partial charge in [-0.15, -0.1) is 0 Å². The number of rotatable bonds is 14. The molecular weight excluding hydrogens is 536 g/mol. The number of carbonyl (C=O) groups excluding carboxylic acids is 3. The first-order valence-corrected chi connectivity index (χ1v) is 13.3. The Morgan fingerprint density at radius 1 is 0.905 bits per heavy atom. The van der Waals surface area contributed by atoms with Crippen molar-refractivity contribution in [3.05, 3.63) is 96.1 Å². The van der Waals surface area contributed by atoms with Crippen LogP contribution in [0.3, 0.4) is 0 Å². The first kappa shape index (κ1) is 31.3. The lowest BCUT2D eigenvalue weighted by molar-refractivity contribution is -0.138. The van der Waals surface area contributed by atoms with Crippen LogP contribution in [0.5, 0.6) is 17.2 Å². The third-order valence-corrected chi connectivity index (χ3v) is 5.78. The van der Waals surface area contributed by atoms with E-state index in [-0.39, 0.29) is 5.91 Å². The van der Waals surface area contributed by atoms with Gasteiger partial charge in [0, 0.05) is 25.3 Å². The van der Waals surface area contributed by atoms with Crippen LogP contribution in [0.4, 0.5) is 11.4 Å². The number of unbranched alkanes of at least 4 members (excludes halogenated alkanes) is 1. The fraction of sp³-hybridized carbons (Fsp3) is 0.212. The molecule has 9 heteroatoms. The van der Waals surface area contributed by atoms with Gasteiger partial charge in [0.25, 0.3) is 0 Å². The SMILES string of the molecule is C=CC(=O)OCCCCOc1ccc(/C=N/c2ccc(OC(=O)/C=C/c3ccc(OC)c(NC(C)=O)c3)cc2C)cc1. The Morgan fingerprint density at radius 3 is 2.31 bits per heavy atom. The van der Waals surface area contributed by atoms with E-state index in [4.69, 9.17) is 18.9 Å². The van der Waals surface area contributed by atoms with Crippen molar-refractivity contribution in [3.63, 3.8) is 0 Å². The molecule has 1 N–H and O–H groups in total. The summed E-state index contributed by atoms with van der Waals surface area (Å²) in [7, 11) is 1.51. The molecule has 0 fully saturated rings. The van der Waals surface area contributed by atoms with Crippen molar-refractivity contribution >= 4 is 41.5 Å². The van der Waals surface area contributed by atoms with Crippen LogP contribution < -0.4 is 19.5 Å². The lowest BCUT2D eigenvalue weighted by Gasteiger charge is -2.09. The minimum absolute atomic E-state index is 0.227. The van der Waals surface area contributed by atoms with Crippen LogP contribution in [0.15, 0.2) is 84.4 Å². The standard InChI is InChI=1S/C33H34N2O7/c1-5-32(37)41-19-7-6-18-40-27-12-8-26(9-13-27)22-34-29-15-14-28(20-23(29)2)42-33(38)17-11-25-10-16-31(39-4)30(21-25)35-24(3)36/h5,8-17,20-22H,1,6-7,18-19H2,2-4H3,(H,35,36)/b17-11+,34-22+. The zero-order valence-corrected chi connectivity index (χ0v) is 23.9. The van der Waals surface area contributed by atoms with Crippen molar-refractivity contribution in [2.24, 2.45) is 4.99 Å². The average Bonchev–Trinajstić information content (AvgIpc) is 2.97. The average molecular weight is 571 g/mol. The number of carbonyl (C=O) groups is 3. The van der Waals surface area contributed by atoms with E-state index in [1.807, 2.05) is 31.2 Å². The summed E-state index contributed by atoms with van der Waals surface area (Å²) in [6, 6.07) is 17.9. The number of anilines is 1. The Balaban J connectivity index is 1.50. The number of benzene rings is 3. The third-order valence-electron chi connectivity index (χ3n) is 5.78. The monoisotopic (exact) mass is 570 g/mol. The number of nitrogens with one attached hydrogen (secondary N) is 1. The van der Waals surface area contributed by atoms with E-state index in [0.717, 1.165) is 35.1 Å². The molecule has 9 nitrogen and oxygen atoms in total. The van der Waals surface area contributed by atoms with Gasteiger partial charge in [0.15, 0.2) is 0 Å². The van der Waals surface area contributed by atoms with E-state index in [0.29, 0.717) is 42.4 Å². The molecule has 0 aliphatic heterocycles. The summed E-state index contributed by atoms with van der Waals surface area (Å²) in [5.74, 6) is 0.471. The zero-order valence-electron chi connectivity index (χ0n) is 23.9. The van der Waals surface area contributed by atoms with Crippen molar-refractivity contribution in [3.8, 4) is 17.2 Å². The highest BCUT2D eigenvalue weighted by Gasteiger charge is 2.07. The van der Waals surface area contributed by atoms with Crippen molar-refractivity contribution in [2.45, 2.75) is 26.7 Å². The maximum Gasteiger partial charge on any atom is 0.336 e. The summed E-state index contributed by atoms with van der Waals surface area (Å²) in [6.45, 7) is 7.51. The summed E-state index contributed by atoms with van der Waals surface area (Å²) >= 11 is 0. The highest BCUT2D eigenvalue weighted by atomic mass is 16.5. The van der Waals surface area contributed by atoms with Crippen molar-refractivity contribution in [2.75, 3.05) is 25.6 Å². The Morgan fingerprint density at radius 2 is 1.62 bits per heavy atom. The van der Waals surface area contributed by atoms with E-state index < -0.39 is 11.9 Å².